The fourth-order valence-electron chi connectivity index (χ4n) is 0.580. The lowest BCUT2D eigenvalue weighted by atomic mass is 9.82. The molecule has 6 heteroatoms. The van der Waals surface area contributed by atoms with Crippen LogP contribution in [0.5, 0.6) is 0 Å². The van der Waals surface area contributed by atoms with Gasteiger partial charge in [-0.2, -0.15) is 0 Å². The van der Waals surface area contributed by atoms with E-state index >= 15 is 0 Å². The molecular weight excluding hydrogens is 232 g/mol. The lowest BCUT2D eigenvalue weighted by Crippen LogP contribution is -2.31. The molecule has 1 rings (SSSR count). The van der Waals surface area contributed by atoms with E-state index in [4.69, 9.17) is 10.0 Å². The Balaban J connectivity index is 0.000001000. The van der Waals surface area contributed by atoms with Gasteiger partial charge < -0.3 is 10.0 Å². The number of hydrogen-bond donors (Lipinski definition) is 2. The second-order valence-electron chi connectivity index (χ2n) is 1.77. The van der Waals surface area contributed by atoms with Crippen LogP contribution in [0.4, 0.5) is 0 Å². The topological polar surface area (TPSA) is 53.4 Å². The van der Waals surface area contributed by atoms with Crippen LogP contribution >= 0.6 is 28.3 Å². The summed E-state index contributed by atoms with van der Waals surface area (Å²) in [6.07, 6.45) is 2.96. The fraction of sp³-hybridized carbons (Fsp3) is 0. The van der Waals surface area contributed by atoms with Gasteiger partial charge in [-0.05, 0) is 6.07 Å². The van der Waals surface area contributed by atoms with Crippen molar-refractivity contribution in [3.05, 3.63) is 22.9 Å². The van der Waals surface area contributed by atoms with E-state index < -0.39 is 7.12 Å². The van der Waals surface area contributed by atoms with Gasteiger partial charge in [0.15, 0.2) is 0 Å². The molecule has 11 heavy (non-hydrogen) atoms. The van der Waals surface area contributed by atoms with Crippen LogP contribution in [0.2, 0.25) is 0 Å². The van der Waals surface area contributed by atoms with Gasteiger partial charge in [-0.15, -0.1) is 12.4 Å². The van der Waals surface area contributed by atoms with Crippen LogP contribution in [0.3, 0.4) is 0 Å². The Morgan fingerprint density at radius 3 is 2.45 bits per heavy atom. The van der Waals surface area contributed by atoms with E-state index in [0.717, 1.165) is 0 Å². The van der Waals surface area contributed by atoms with Crippen LogP contribution in [0.1, 0.15) is 0 Å². The zero-order valence-corrected chi connectivity index (χ0v) is 7.84. The molecule has 0 saturated heterocycles. The van der Waals surface area contributed by atoms with Crippen molar-refractivity contribution in [1.29, 1.82) is 0 Å². The monoisotopic (exact) mass is 237 g/mol. The Morgan fingerprint density at radius 1 is 1.45 bits per heavy atom. The molecule has 1 aromatic heterocycles. The summed E-state index contributed by atoms with van der Waals surface area (Å²) in [4.78, 5) is 3.72. The van der Waals surface area contributed by atoms with Crippen LogP contribution in [0.25, 0.3) is 0 Å². The molecule has 0 aliphatic rings. The molecule has 0 spiro atoms. The maximum absolute atomic E-state index is 8.69. The smallest absolute Gasteiger partial charge is 0.423 e. The summed E-state index contributed by atoms with van der Waals surface area (Å²) < 4.78 is 0.650. The number of hydrogen-bond acceptors (Lipinski definition) is 3. The largest absolute Gasteiger partial charge is 0.491 e. The van der Waals surface area contributed by atoms with Crippen molar-refractivity contribution in [2.24, 2.45) is 0 Å². The van der Waals surface area contributed by atoms with Gasteiger partial charge in [0.1, 0.15) is 0 Å². The van der Waals surface area contributed by atoms with Gasteiger partial charge in [-0.1, -0.05) is 15.9 Å². The SMILES string of the molecule is Cl.OB(O)c1cnccc1Br. The molecule has 0 saturated carbocycles. The van der Waals surface area contributed by atoms with E-state index in [1.54, 1.807) is 12.3 Å². The number of pyridine rings is 1. The average molecular weight is 238 g/mol. The zero-order valence-electron chi connectivity index (χ0n) is 5.44. The number of aromatic nitrogens is 1. The average Bonchev–Trinajstić information content (AvgIpc) is 1.88. The Kier molecular flexibility index (Phi) is 4.68. The van der Waals surface area contributed by atoms with Gasteiger partial charge in [0.25, 0.3) is 0 Å². The Labute approximate surface area is 79.2 Å². The van der Waals surface area contributed by atoms with Crippen molar-refractivity contribution in [3.63, 3.8) is 0 Å². The predicted molar refractivity (Wildman–Crippen MR) is 49.0 cm³/mol. The van der Waals surface area contributed by atoms with E-state index in [0.29, 0.717) is 9.94 Å². The first-order valence-corrected chi connectivity index (χ1v) is 3.46. The van der Waals surface area contributed by atoms with Crippen molar-refractivity contribution >= 4 is 40.9 Å². The highest BCUT2D eigenvalue weighted by Crippen LogP contribution is 2.03. The van der Waals surface area contributed by atoms with Gasteiger partial charge >= 0.3 is 7.12 Å². The second-order valence-corrected chi connectivity index (χ2v) is 2.63. The second kappa shape index (κ2) is 4.72. The van der Waals surface area contributed by atoms with E-state index in [1.165, 1.54) is 6.20 Å². The lowest BCUT2D eigenvalue weighted by molar-refractivity contribution is 0.425. The Hall–Kier alpha value is -0.0951. The maximum atomic E-state index is 8.69. The summed E-state index contributed by atoms with van der Waals surface area (Å²) in [5.74, 6) is 0. The van der Waals surface area contributed by atoms with Crippen LogP contribution in [0.15, 0.2) is 22.9 Å². The molecule has 0 fully saturated rings. The summed E-state index contributed by atoms with van der Waals surface area (Å²) in [6.45, 7) is 0. The molecule has 3 nitrogen and oxygen atoms in total. The highest BCUT2D eigenvalue weighted by Gasteiger charge is 2.13. The predicted octanol–water partition coefficient (Wildman–Crippen LogP) is -0.0543. The Morgan fingerprint density at radius 2 is 2.09 bits per heavy atom. The molecular formula is C5H6BBrClNO2. The van der Waals surface area contributed by atoms with Crippen LogP contribution < -0.4 is 5.46 Å². The number of rotatable bonds is 1. The van der Waals surface area contributed by atoms with Gasteiger partial charge in [-0.25, -0.2) is 0 Å². The van der Waals surface area contributed by atoms with Crippen LogP contribution in [-0.4, -0.2) is 22.2 Å². The molecule has 0 atom stereocenters. The molecule has 0 bridgehead atoms. The molecule has 1 aromatic rings. The molecule has 0 aliphatic heterocycles. The zero-order chi connectivity index (χ0) is 7.56. The minimum absolute atomic E-state index is 0. The third kappa shape index (κ3) is 2.79. The third-order valence-electron chi connectivity index (χ3n) is 1.07. The summed E-state index contributed by atoms with van der Waals surface area (Å²) in [5.41, 5.74) is 0.377. The van der Waals surface area contributed by atoms with E-state index in [2.05, 4.69) is 20.9 Å². The first-order chi connectivity index (χ1) is 4.72. The van der Waals surface area contributed by atoms with Crippen LogP contribution in [0, 0.1) is 0 Å². The van der Waals surface area contributed by atoms with Gasteiger partial charge in [0.05, 0.1) is 0 Å². The van der Waals surface area contributed by atoms with E-state index in [1.807, 2.05) is 0 Å². The Bertz CT molecular complexity index is 235. The van der Waals surface area contributed by atoms with Crippen molar-refractivity contribution in [2.75, 3.05) is 0 Å². The first-order valence-electron chi connectivity index (χ1n) is 2.67. The number of halogens is 2. The maximum Gasteiger partial charge on any atom is 0.491 e. The number of nitrogens with zero attached hydrogens (tertiary/aromatic N) is 1. The lowest BCUT2D eigenvalue weighted by Gasteiger charge is -1.98. The summed E-state index contributed by atoms with van der Waals surface area (Å²) in [7, 11) is -1.46. The standard InChI is InChI=1S/C5H5BBrNO2.ClH/c7-5-1-2-8-3-4(5)6(9)10;/h1-3,9-10H;1H. The fourth-order valence-corrected chi connectivity index (χ4v) is 1.01. The molecule has 2 N–H and O–H groups in total. The highest BCUT2D eigenvalue weighted by atomic mass is 79.9. The third-order valence-corrected chi connectivity index (χ3v) is 1.80. The van der Waals surface area contributed by atoms with E-state index in [9.17, 15) is 0 Å². The molecule has 60 valence electrons. The van der Waals surface area contributed by atoms with Crippen molar-refractivity contribution in [1.82, 2.24) is 4.98 Å². The highest BCUT2D eigenvalue weighted by molar-refractivity contribution is 9.10. The van der Waals surface area contributed by atoms with Gasteiger partial charge in [0, 0.05) is 22.3 Å². The van der Waals surface area contributed by atoms with Crippen molar-refractivity contribution in [3.8, 4) is 0 Å². The molecule has 0 unspecified atom stereocenters. The van der Waals surface area contributed by atoms with Crippen molar-refractivity contribution < 1.29 is 10.0 Å². The van der Waals surface area contributed by atoms with Crippen molar-refractivity contribution in [2.45, 2.75) is 0 Å². The van der Waals surface area contributed by atoms with Gasteiger partial charge in [-0.3, -0.25) is 4.98 Å². The minimum Gasteiger partial charge on any atom is -0.423 e. The quantitative estimate of drug-likeness (QED) is 0.674. The summed E-state index contributed by atoms with van der Waals surface area (Å²) in [6, 6.07) is 1.65. The molecule has 0 aromatic carbocycles. The summed E-state index contributed by atoms with van der Waals surface area (Å²) in [5, 5.41) is 17.4. The normalized spacial score (nSPS) is 8.64. The minimum atomic E-state index is -1.46. The first kappa shape index (κ1) is 10.9. The summed E-state index contributed by atoms with van der Waals surface area (Å²) >= 11 is 3.14. The van der Waals surface area contributed by atoms with E-state index in [-0.39, 0.29) is 12.4 Å². The van der Waals surface area contributed by atoms with Gasteiger partial charge in [0.2, 0.25) is 0 Å². The molecule has 1 heterocycles. The molecule has 0 aliphatic carbocycles. The van der Waals surface area contributed by atoms with Crippen LogP contribution in [-0.2, 0) is 0 Å². The molecule has 0 amide bonds. The molecule has 0 radical (unpaired) electrons.